The summed E-state index contributed by atoms with van der Waals surface area (Å²) in [5.41, 5.74) is 2.26. The molecule has 0 unspecified atom stereocenters. The summed E-state index contributed by atoms with van der Waals surface area (Å²) in [6, 6.07) is 8.37. The second-order valence-electron chi connectivity index (χ2n) is 7.58. The molecule has 2 heteroatoms. The maximum absolute atomic E-state index is 6.12. The first-order chi connectivity index (χ1) is 9.35. The zero-order valence-corrected chi connectivity index (χ0v) is 15.2. The molecule has 0 atom stereocenters. The molecule has 0 radical (unpaired) electrons. The first-order valence-electron chi connectivity index (χ1n) is 7.65. The Morgan fingerprint density at radius 3 is 2.40 bits per heavy atom. The summed E-state index contributed by atoms with van der Waals surface area (Å²) in [6.45, 7) is 7.15. The van der Waals surface area contributed by atoms with E-state index in [4.69, 9.17) is 11.6 Å². The summed E-state index contributed by atoms with van der Waals surface area (Å²) in [7, 11) is 0. The summed E-state index contributed by atoms with van der Waals surface area (Å²) in [6.07, 6.45) is 6.51. The van der Waals surface area contributed by atoms with Crippen molar-refractivity contribution in [3.05, 3.63) is 34.9 Å². The largest absolute Gasteiger partial charge is 0.0922 e. The van der Waals surface area contributed by atoms with Gasteiger partial charge in [0.05, 0.1) is 0 Å². The van der Waals surface area contributed by atoms with E-state index >= 15 is 0 Å². The standard InChI is InChI=1S/C18H26BrCl/c1-17(2,3)15-7-9-18(13-19,10-8-15)12-14-5-4-6-16(20)11-14/h4-6,11,15H,7-10,12-13H2,1-3H3. The Bertz CT molecular complexity index is 439. The lowest BCUT2D eigenvalue weighted by Crippen LogP contribution is -2.35. The van der Waals surface area contributed by atoms with Gasteiger partial charge in [-0.15, -0.1) is 0 Å². The van der Waals surface area contributed by atoms with Crippen LogP contribution in [-0.4, -0.2) is 5.33 Å². The van der Waals surface area contributed by atoms with Crippen molar-refractivity contribution >= 4 is 27.5 Å². The van der Waals surface area contributed by atoms with Crippen LogP contribution in [0.5, 0.6) is 0 Å². The first kappa shape index (κ1) is 16.4. The molecule has 1 aromatic rings. The van der Waals surface area contributed by atoms with E-state index in [0.717, 1.165) is 22.7 Å². The molecule has 0 N–H and O–H groups in total. The lowest BCUT2D eigenvalue weighted by atomic mass is 9.63. The molecule has 0 amide bonds. The van der Waals surface area contributed by atoms with Gasteiger partial charge in [-0.25, -0.2) is 0 Å². The molecular weight excluding hydrogens is 332 g/mol. The van der Waals surface area contributed by atoms with Gasteiger partial charge in [0.1, 0.15) is 0 Å². The van der Waals surface area contributed by atoms with E-state index in [9.17, 15) is 0 Å². The summed E-state index contributed by atoms with van der Waals surface area (Å²) < 4.78 is 0. The van der Waals surface area contributed by atoms with Gasteiger partial charge in [0.2, 0.25) is 0 Å². The van der Waals surface area contributed by atoms with Crippen LogP contribution in [-0.2, 0) is 6.42 Å². The Kier molecular flexibility index (Phi) is 5.24. The molecule has 0 heterocycles. The fraction of sp³-hybridized carbons (Fsp3) is 0.667. The summed E-state index contributed by atoms with van der Waals surface area (Å²) in [5, 5.41) is 1.96. The van der Waals surface area contributed by atoms with Crippen molar-refractivity contribution in [3.8, 4) is 0 Å². The average molecular weight is 358 g/mol. The Morgan fingerprint density at radius 2 is 1.90 bits per heavy atom. The van der Waals surface area contributed by atoms with Crippen LogP contribution in [0.2, 0.25) is 5.02 Å². The highest BCUT2D eigenvalue weighted by Gasteiger charge is 2.38. The number of halogens is 2. The maximum atomic E-state index is 6.12. The highest BCUT2D eigenvalue weighted by Crippen LogP contribution is 2.47. The normalized spacial score (nSPS) is 27.6. The van der Waals surface area contributed by atoms with Gasteiger partial charge >= 0.3 is 0 Å². The van der Waals surface area contributed by atoms with Gasteiger partial charge in [-0.3, -0.25) is 0 Å². The molecule has 0 aliphatic heterocycles. The lowest BCUT2D eigenvalue weighted by molar-refractivity contribution is 0.103. The van der Waals surface area contributed by atoms with Crippen molar-refractivity contribution in [2.75, 3.05) is 5.33 Å². The summed E-state index contributed by atoms with van der Waals surface area (Å²) in [5.74, 6) is 0.869. The second kappa shape index (κ2) is 6.40. The van der Waals surface area contributed by atoms with Crippen molar-refractivity contribution in [1.29, 1.82) is 0 Å². The molecular formula is C18H26BrCl. The Hall–Kier alpha value is -0.0100. The molecule has 1 aliphatic carbocycles. The van der Waals surface area contributed by atoms with Crippen LogP contribution in [0.25, 0.3) is 0 Å². The van der Waals surface area contributed by atoms with E-state index in [1.165, 1.54) is 31.2 Å². The molecule has 1 aromatic carbocycles. The van der Waals surface area contributed by atoms with E-state index in [2.05, 4.69) is 54.9 Å². The van der Waals surface area contributed by atoms with Gasteiger partial charge in [0, 0.05) is 10.4 Å². The number of alkyl halides is 1. The highest BCUT2D eigenvalue weighted by molar-refractivity contribution is 9.09. The number of rotatable bonds is 3. The van der Waals surface area contributed by atoms with Gasteiger partial charge in [-0.1, -0.05) is 60.4 Å². The van der Waals surface area contributed by atoms with Crippen LogP contribution in [0, 0.1) is 16.7 Å². The molecule has 20 heavy (non-hydrogen) atoms. The minimum absolute atomic E-state index is 0.423. The SMILES string of the molecule is CC(C)(C)C1CCC(CBr)(Cc2cccc(Cl)c2)CC1. The summed E-state index contributed by atoms with van der Waals surface area (Å²) >= 11 is 9.90. The van der Waals surface area contributed by atoms with Crippen molar-refractivity contribution in [2.24, 2.45) is 16.7 Å². The van der Waals surface area contributed by atoms with Crippen LogP contribution in [0.3, 0.4) is 0 Å². The van der Waals surface area contributed by atoms with Gasteiger partial charge in [0.15, 0.2) is 0 Å². The minimum Gasteiger partial charge on any atom is -0.0922 e. The second-order valence-corrected chi connectivity index (χ2v) is 8.58. The van der Waals surface area contributed by atoms with Crippen LogP contribution in [0.15, 0.2) is 24.3 Å². The van der Waals surface area contributed by atoms with Gasteiger partial charge in [0.25, 0.3) is 0 Å². The molecule has 0 nitrogen and oxygen atoms in total. The van der Waals surface area contributed by atoms with Crippen LogP contribution < -0.4 is 0 Å². The smallest absolute Gasteiger partial charge is 0.0408 e. The summed E-state index contributed by atoms with van der Waals surface area (Å²) in [4.78, 5) is 0. The Morgan fingerprint density at radius 1 is 1.25 bits per heavy atom. The highest BCUT2D eigenvalue weighted by atomic mass is 79.9. The fourth-order valence-corrected chi connectivity index (χ4v) is 4.51. The first-order valence-corrected chi connectivity index (χ1v) is 9.15. The molecule has 112 valence electrons. The third-order valence-electron chi connectivity index (χ3n) is 5.02. The predicted octanol–water partition coefficient (Wildman–Crippen LogP) is 6.50. The third kappa shape index (κ3) is 4.01. The maximum Gasteiger partial charge on any atom is 0.0408 e. The fourth-order valence-electron chi connectivity index (χ4n) is 3.53. The van der Waals surface area contributed by atoms with Crippen molar-refractivity contribution < 1.29 is 0 Å². The van der Waals surface area contributed by atoms with Gasteiger partial charge in [-0.2, -0.15) is 0 Å². The molecule has 0 saturated heterocycles. The Labute approximate surface area is 137 Å². The van der Waals surface area contributed by atoms with E-state index in [-0.39, 0.29) is 0 Å². The van der Waals surface area contributed by atoms with E-state index in [1.807, 2.05) is 6.07 Å². The quantitative estimate of drug-likeness (QED) is 0.541. The topological polar surface area (TPSA) is 0 Å². The van der Waals surface area contributed by atoms with Crippen LogP contribution in [0.4, 0.5) is 0 Å². The molecule has 0 bridgehead atoms. The molecule has 0 spiro atoms. The zero-order chi connectivity index (χ0) is 14.8. The lowest BCUT2D eigenvalue weighted by Gasteiger charge is -2.43. The predicted molar refractivity (Wildman–Crippen MR) is 92.8 cm³/mol. The number of hydrogen-bond acceptors (Lipinski definition) is 0. The third-order valence-corrected chi connectivity index (χ3v) is 6.45. The average Bonchev–Trinajstić information content (AvgIpc) is 2.38. The van der Waals surface area contributed by atoms with Gasteiger partial charge < -0.3 is 0 Å². The number of hydrogen-bond donors (Lipinski definition) is 0. The van der Waals surface area contributed by atoms with E-state index in [1.54, 1.807) is 0 Å². The molecule has 2 rings (SSSR count). The van der Waals surface area contributed by atoms with Crippen molar-refractivity contribution in [2.45, 2.75) is 52.9 Å². The Balaban J connectivity index is 2.05. The molecule has 1 fully saturated rings. The van der Waals surface area contributed by atoms with Crippen molar-refractivity contribution in [3.63, 3.8) is 0 Å². The molecule has 1 saturated carbocycles. The zero-order valence-electron chi connectivity index (χ0n) is 12.9. The van der Waals surface area contributed by atoms with Crippen molar-refractivity contribution in [1.82, 2.24) is 0 Å². The molecule has 1 aliphatic rings. The monoisotopic (exact) mass is 356 g/mol. The van der Waals surface area contributed by atoms with E-state index in [0.29, 0.717) is 10.8 Å². The molecule has 0 aromatic heterocycles. The van der Waals surface area contributed by atoms with Gasteiger partial charge in [-0.05, 0) is 66.5 Å². The van der Waals surface area contributed by atoms with Crippen LogP contribution >= 0.6 is 27.5 Å². The van der Waals surface area contributed by atoms with Crippen LogP contribution in [0.1, 0.15) is 52.0 Å². The minimum atomic E-state index is 0.423. The van der Waals surface area contributed by atoms with E-state index < -0.39 is 0 Å². The number of benzene rings is 1.